The van der Waals surface area contributed by atoms with Crippen LogP contribution < -0.4 is 5.32 Å². The van der Waals surface area contributed by atoms with Gasteiger partial charge < -0.3 is 9.73 Å². The lowest BCUT2D eigenvalue weighted by Crippen LogP contribution is -2.07. The number of nitrogens with zero attached hydrogens (tertiary/aromatic N) is 1. The first-order valence-corrected chi connectivity index (χ1v) is 4.97. The molecule has 14 heavy (non-hydrogen) atoms. The third-order valence-electron chi connectivity index (χ3n) is 2.86. The monoisotopic (exact) mass is 188 g/mol. The second-order valence-corrected chi connectivity index (χ2v) is 3.77. The van der Waals surface area contributed by atoms with Crippen LogP contribution in [0.2, 0.25) is 0 Å². The van der Waals surface area contributed by atoms with Gasteiger partial charge in [0.2, 0.25) is 5.71 Å². The molecule has 0 amide bonds. The molecule has 0 spiro atoms. The van der Waals surface area contributed by atoms with Gasteiger partial charge in [-0.15, -0.1) is 0 Å². The van der Waals surface area contributed by atoms with Crippen molar-refractivity contribution in [3.63, 3.8) is 0 Å². The molecule has 1 atom stereocenters. The molecule has 3 rings (SSSR count). The zero-order chi connectivity index (χ0) is 9.38. The Bertz CT molecular complexity index is 443. The molecule has 0 aliphatic carbocycles. The van der Waals surface area contributed by atoms with Crippen LogP contribution in [-0.4, -0.2) is 18.1 Å². The molecule has 3 heterocycles. The lowest BCUT2D eigenvalue weighted by Gasteiger charge is -2.06. The Labute approximate surface area is 82.1 Å². The molecule has 1 unspecified atom stereocenters. The van der Waals surface area contributed by atoms with E-state index in [1.165, 1.54) is 12.0 Å². The number of nitrogens with one attached hydrogen (secondary N) is 1. The summed E-state index contributed by atoms with van der Waals surface area (Å²) in [6.45, 7) is 2.19. The molecule has 0 saturated carbocycles. The standard InChI is InChI=1S/C11H12N2O/c1-3-12-6-9(1)10-5-8-2-4-14-11(8)13-7-10/h2,4-5,7,9,12H,1,3,6H2. The van der Waals surface area contributed by atoms with Crippen molar-refractivity contribution in [2.24, 2.45) is 0 Å². The van der Waals surface area contributed by atoms with Crippen LogP contribution in [0.1, 0.15) is 17.9 Å². The second kappa shape index (κ2) is 3.10. The van der Waals surface area contributed by atoms with Gasteiger partial charge in [-0.05, 0) is 36.6 Å². The fraction of sp³-hybridized carbons (Fsp3) is 0.364. The third kappa shape index (κ3) is 1.21. The van der Waals surface area contributed by atoms with Gasteiger partial charge in [0.15, 0.2) is 0 Å². The SMILES string of the molecule is c1cc2cc(C3CCNC3)cnc2o1. The van der Waals surface area contributed by atoms with E-state index in [2.05, 4.69) is 16.4 Å². The smallest absolute Gasteiger partial charge is 0.225 e. The van der Waals surface area contributed by atoms with Crippen LogP contribution in [0.25, 0.3) is 11.1 Å². The topological polar surface area (TPSA) is 38.1 Å². The molecular weight excluding hydrogens is 176 g/mol. The molecule has 2 aromatic rings. The van der Waals surface area contributed by atoms with Crippen molar-refractivity contribution in [1.82, 2.24) is 10.3 Å². The van der Waals surface area contributed by atoms with Gasteiger partial charge in [0.05, 0.1) is 6.26 Å². The van der Waals surface area contributed by atoms with Crippen molar-refractivity contribution in [3.05, 3.63) is 30.2 Å². The van der Waals surface area contributed by atoms with Gasteiger partial charge >= 0.3 is 0 Å². The molecule has 3 heteroatoms. The van der Waals surface area contributed by atoms with E-state index >= 15 is 0 Å². The molecule has 3 nitrogen and oxygen atoms in total. The van der Waals surface area contributed by atoms with Crippen molar-refractivity contribution in [3.8, 4) is 0 Å². The highest BCUT2D eigenvalue weighted by Gasteiger charge is 2.17. The van der Waals surface area contributed by atoms with Gasteiger partial charge in [0.25, 0.3) is 0 Å². The zero-order valence-electron chi connectivity index (χ0n) is 7.86. The van der Waals surface area contributed by atoms with Gasteiger partial charge in [-0.25, -0.2) is 4.98 Å². The van der Waals surface area contributed by atoms with E-state index in [9.17, 15) is 0 Å². The molecule has 0 radical (unpaired) electrons. The van der Waals surface area contributed by atoms with Crippen molar-refractivity contribution >= 4 is 11.1 Å². The Hall–Kier alpha value is -1.35. The lowest BCUT2D eigenvalue weighted by atomic mass is 10.00. The van der Waals surface area contributed by atoms with Crippen LogP contribution in [-0.2, 0) is 0 Å². The van der Waals surface area contributed by atoms with E-state index < -0.39 is 0 Å². The van der Waals surface area contributed by atoms with Crippen LogP contribution >= 0.6 is 0 Å². The Kier molecular flexibility index (Phi) is 1.77. The summed E-state index contributed by atoms with van der Waals surface area (Å²) < 4.78 is 5.21. The predicted molar refractivity (Wildman–Crippen MR) is 54.2 cm³/mol. The van der Waals surface area contributed by atoms with Crippen molar-refractivity contribution in [2.45, 2.75) is 12.3 Å². The van der Waals surface area contributed by atoms with Crippen molar-refractivity contribution in [2.75, 3.05) is 13.1 Å². The number of pyridine rings is 1. The number of hydrogen-bond donors (Lipinski definition) is 1. The average Bonchev–Trinajstić information content (AvgIpc) is 2.88. The molecule has 1 fully saturated rings. The Morgan fingerprint density at radius 3 is 3.36 bits per heavy atom. The minimum Gasteiger partial charge on any atom is -0.446 e. The third-order valence-corrected chi connectivity index (χ3v) is 2.86. The molecule has 1 aliphatic heterocycles. The van der Waals surface area contributed by atoms with Crippen LogP contribution in [0, 0.1) is 0 Å². The summed E-state index contributed by atoms with van der Waals surface area (Å²) in [5.74, 6) is 0.627. The van der Waals surface area contributed by atoms with Crippen LogP contribution in [0.15, 0.2) is 29.0 Å². The average molecular weight is 188 g/mol. The van der Waals surface area contributed by atoms with E-state index in [0.717, 1.165) is 24.2 Å². The van der Waals surface area contributed by atoms with Gasteiger partial charge in [0.1, 0.15) is 0 Å². The maximum Gasteiger partial charge on any atom is 0.225 e. The van der Waals surface area contributed by atoms with Crippen LogP contribution in [0.4, 0.5) is 0 Å². The number of hydrogen-bond acceptors (Lipinski definition) is 3. The van der Waals surface area contributed by atoms with Gasteiger partial charge in [0, 0.05) is 18.1 Å². The molecule has 72 valence electrons. The quantitative estimate of drug-likeness (QED) is 0.742. The largest absolute Gasteiger partial charge is 0.446 e. The van der Waals surface area contributed by atoms with E-state index in [4.69, 9.17) is 4.42 Å². The first-order valence-electron chi connectivity index (χ1n) is 4.97. The van der Waals surface area contributed by atoms with E-state index in [0.29, 0.717) is 5.92 Å². The number of rotatable bonds is 1. The van der Waals surface area contributed by atoms with Gasteiger partial charge in [-0.2, -0.15) is 0 Å². The Balaban J connectivity index is 2.04. The van der Waals surface area contributed by atoms with E-state index in [1.807, 2.05) is 12.3 Å². The number of furan rings is 1. The fourth-order valence-corrected chi connectivity index (χ4v) is 2.04. The molecule has 1 N–H and O–H groups in total. The summed E-state index contributed by atoms with van der Waals surface area (Å²) in [5.41, 5.74) is 2.06. The summed E-state index contributed by atoms with van der Waals surface area (Å²) in [5, 5.41) is 4.47. The van der Waals surface area contributed by atoms with E-state index in [-0.39, 0.29) is 0 Å². The summed E-state index contributed by atoms with van der Waals surface area (Å²) in [6, 6.07) is 4.15. The van der Waals surface area contributed by atoms with Gasteiger partial charge in [-0.1, -0.05) is 0 Å². The number of aromatic nitrogens is 1. The minimum absolute atomic E-state index is 0.627. The summed E-state index contributed by atoms with van der Waals surface area (Å²) in [6.07, 6.45) is 4.84. The summed E-state index contributed by atoms with van der Waals surface area (Å²) >= 11 is 0. The first kappa shape index (κ1) is 8.00. The van der Waals surface area contributed by atoms with Crippen molar-refractivity contribution in [1.29, 1.82) is 0 Å². The number of fused-ring (bicyclic) bond motifs is 1. The Morgan fingerprint density at radius 2 is 2.50 bits per heavy atom. The Morgan fingerprint density at radius 1 is 1.50 bits per heavy atom. The highest BCUT2D eigenvalue weighted by molar-refractivity contribution is 5.73. The van der Waals surface area contributed by atoms with Gasteiger partial charge in [-0.3, -0.25) is 0 Å². The van der Waals surface area contributed by atoms with Crippen LogP contribution in [0.3, 0.4) is 0 Å². The van der Waals surface area contributed by atoms with Crippen molar-refractivity contribution < 1.29 is 4.42 Å². The summed E-state index contributed by atoms with van der Waals surface area (Å²) in [7, 11) is 0. The normalized spacial score (nSPS) is 21.9. The molecule has 2 aromatic heterocycles. The molecule has 0 aromatic carbocycles. The molecule has 1 saturated heterocycles. The zero-order valence-corrected chi connectivity index (χ0v) is 7.86. The maximum atomic E-state index is 5.21. The van der Waals surface area contributed by atoms with E-state index in [1.54, 1.807) is 6.26 Å². The fourth-order valence-electron chi connectivity index (χ4n) is 2.04. The highest BCUT2D eigenvalue weighted by atomic mass is 16.3. The minimum atomic E-state index is 0.627. The molecule has 0 bridgehead atoms. The molecule has 1 aliphatic rings. The molecular formula is C11H12N2O. The summed E-state index contributed by atoms with van der Waals surface area (Å²) in [4.78, 5) is 4.29. The first-order chi connectivity index (χ1) is 6.93. The predicted octanol–water partition coefficient (Wildman–Crippen LogP) is 1.90. The van der Waals surface area contributed by atoms with Crippen LogP contribution in [0.5, 0.6) is 0 Å². The maximum absolute atomic E-state index is 5.21. The second-order valence-electron chi connectivity index (χ2n) is 3.77. The highest BCUT2D eigenvalue weighted by Crippen LogP contribution is 2.24. The lowest BCUT2D eigenvalue weighted by molar-refractivity contribution is 0.602.